The Balaban J connectivity index is 0.00000192. The number of morpholine rings is 1. The SMILES string of the molecule is CC1COC(c2ccccc2)CN1C(=O)[C@H]1CCN[C@@H](C)C1.Cl. The fourth-order valence-electron chi connectivity index (χ4n) is 3.52. The topological polar surface area (TPSA) is 41.6 Å². The molecule has 2 aliphatic rings. The minimum absolute atomic E-state index is 0. The third-order valence-electron chi connectivity index (χ3n) is 4.86. The summed E-state index contributed by atoms with van der Waals surface area (Å²) in [5.74, 6) is 0.471. The highest BCUT2D eigenvalue weighted by Crippen LogP contribution is 2.28. The van der Waals surface area contributed by atoms with E-state index < -0.39 is 0 Å². The summed E-state index contributed by atoms with van der Waals surface area (Å²) >= 11 is 0. The van der Waals surface area contributed by atoms with Gasteiger partial charge in [-0.15, -0.1) is 12.4 Å². The largest absolute Gasteiger partial charge is 0.370 e. The molecule has 4 atom stereocenters. The zero-order valence-electron chi connectivity index (χ0n) is 13.9. The number of halogens is 1. The van der Waals surface area contributed by atoms with Gasteiger partial charge in [-0.3, -0.25) is 4.79 Å². The summed E-state index contributed by atoms with van der Waals surface area (Å²) < 4.78 is 5.96. The van der Waals surface area contributed by atoms with E-state index in [1.165, 1.54) is 0 Å². The van der Waals surface area contributed by atoms with E-state index in [0.29, 0.717) is 25.1 Å². The molecule has 0 aliphatic carbocycles. The Morgan fingerprint density at radius 2 is 2.00 bits per heavy atom. The number of nitrogens with one attached hydrogen (secondary N) is 1. The lowest BCUT2D eigenvalue weighted by atomic mass is 9.91. The van der Waals surface area contributed by atoms with Crippen molar-refractivity contribution in [1.82, 2.24) is 10.2 Å². The number of carbonyl (C=O) groups is 1. The molecule has 2 saturated heterocycles. The number of benzene rings is 1. The quantitative estimate of drug-likeness (QED) is 0.901. The number of hydrogen-bond donors (Lipinski definition) is 1. The average Bonchev–Trinajstić information content (AvgIpc) is 2.55. The van der Waals surface area contributed by atoms with Crippen molar-refractivity contribution in [2.75, 3.05) is 19.7 Å². The molecule has 1 aromatic rings. The summed E-state index contributed by atoms with van der Waals surface area (Å²) in [6.45, 7) is 6.48. The fraction of sp³-hybridized carbons (Fsp3) is 0.611. The lowest BCUT2D eigenvalue weighted by Crippen LogP contribution is -2.52. The van der Waals surface area contributed by atoms with Gasteiger partial charge in [0.25, 0.3) is 0 Å². The highest BCUT2D eigenvalue weighted by atomic mass is 35.5. The molecular weight excluding hydrogens is 312 g/mol. The van der Waals surface area contributed by atoms with Crippen LogP contribution in [-0.4, -0.2) is 42.6 Å². The van der Waals surface area contributed by atoms with E-state index in [1.807, 2.05) is 23.1 Å². The monoisotopic (exact) mass is 338 g/mol. The summed E-state index contributed by atoms with van der Waals surface area (Å²) in [4.78, 5) is 15.0. The molecule has 3 rings (SSSR count). The summed E-state index contributed by atoms with van der Waals surface area (Å²) in [6.07, 6.45) is 1.89. The molecule has 2 unspecified atom stereocenters. The van der Waals surface area contributed by atoms with Crippen molar-refractivity contribution in [2.45, 2.75) is 44.9 Å². The number of nitrogens with zero attached hydrogens (tertiary/aromatic N) is 1. The van der Waals surface area contributed by atoms with Crippen LogP contribution in [0.25, 0.3) is 0 Å². The van der Waals surface area contributed by atoms with E-state index in [2.05, 4.69) is 31.3 Å². The van der Waals surface area contributed by atoms with Crippen molar-refractivity contribution < 1.29 is 9.53 Å². The number of ether oxygens (including phenoxy) is 1. The first-order chi connectivity index (χ1) is 10.6. The Bertz CT molecular complexity index is 511. The molecule has 2 fully saturated rings. The van der Waals surface area contributed by atoms with Gasteiger partial charge in [0.15, 0.2) is 0 Å². The van der Waals surface area contributed by atoms with Crippen LogP contribution < -0.4 is 5.32 Å². The first-order valence-corrected chi connectivity index (χ1v) is 8.35. The second kappa shape index (κ2) is 8.13. The Morgan fingerprint density at radius 3 is 2.70 bits per heavy atom. The molecule has 5 heteroatoms. The number of piperidine rings is 1. The summed E-state index contributed by atoms with van der Waals surface area (Å²) in [7, 11) is 0. The van der Waals surface area contributed by atoms with Crippen molar-refractivity contribution in [1.29, 1.82) is 0 Å². The van der Waals surface area contributed by atoms with Crippen molar-refractivity contribution in [3.05, 3.63) is 35.9 Å². The molecule has 23 heavy (non-hydrogen) atoms. The van der Waals surface area contributed by atoms with Crippen LogP contribution in [0.5, 0.6) is 0 Å². The maximum atomic E-state index is 12.9. The number of amides is 1. The predicted molar refractivity (Wildman–Crippen MR) is 93.7 cm³/mol. The molecule has 0 bridgehead atoms. The lowest BCUT2D eigenvalue weighted by molar-refractivity contribution is -0.150. The summed E-state index contributed by atoms with van der Waals surface area (Å²) in [5.41, 5.74) is 1.16. The third kappa shape index (κ3) is 4.25. The van der Waals surface area contributed by atoms with E-state index in [1.54, 1.807) is 0 Å². The molecule has 2 aliphatic heterocycles. The van der Waals surface area contributed by atoms with Gasteiger partial charge in [0.1, 0.15) is 6.10 Å². The van der Waals surface area contributed by atoms with Gasteiger partial charge in [0.05, 0.1) is 19.2 Å². The standard InChI is InChI=1S/C18H26N2O2.ClH/c1-13-10-16(8-9-19-13)18(21)20-11-17(22-12-14(20)2)15-6-4-3-5-7-15;/h3-7,13-14,16-17,19H,8-12H2,1-2H3;1H/t13-,14?,16-,17?;/m0./s1. The molecule has 0 saturated carbocycles. The second-order valence-corrected chi connectivity index (χ2v) is 6.65. The highest BCUT2D eigenvalue weighted by molar-refractivity contribution is 5.85. The minimum atomic E-state index is 0. The van der Waals surface area contributed by atoms with Gasteiger partial charge >= 0.3 is 0 Å². The lowest BCUT2D eigenvalue weighted by Gasteiger charge is -2.41. The molecule has 1 N–H and O–H groups in total. The van der Waals surface area contributed by atoms with Crippen LogP contribution >= 0.6 is 12.4 Å². The zero-order chi connectivity index (χ0) is 15.5. The molecule has 1 amide bonds. The first kappa shape index (κ1) is 18.2. The van der Waals surface area contributed by atoms with Crippen LogP contribution in [0.1, 0.15) is 38.4 Å². The van der Waals surface area contributed by atoms with Gasteiger partial charge in [-0.2, -0.15) is 0 Å². The maximum absolute atomic E-state index is 12.9. The normalized spacial score (nSPS) is 31.3. The van der Waals surface area contributed by atoms with Crippen LogP contribution in [0.2, 0.25) is 0 Å². The van der Waals surface area contributed by atoms with E-state index in [0.717, 1.165) is 24.9 Å². The van der Waals surface area contributed by atoms with E-state index in [9.17, 15) is 4.79 Å². The Morgan fingerprint density at radius 1 is 1.26 bits per heavy atom. The minimum Gasteiger partial charge on any atom is -0.370 e. The predicted octanol–water partition coefficient (Wildman–Crippen LogP) is 2.78. The maximum Gasteiger partial charge on any atom is 0.226 e. The van der Waals surface area contributed by atoms with Crippen LogP contribution in [0.3, 0.4) is 0 Å². The molecule has 128 valence electrons. The number of carbonyl (C=O) groups excluding carboxylic acids is 1. The van der Waals surface area contributed by atoms with Crippen molar-refractivity contribution >= 4 is 18.3 Å². The second-order valence-electron chi connectivity index (χ2n) is 6.65. The number of hydrogen-bond acceptors (Lipinski definition) is 3. The van der Waals surface area contributed by atoms with Crippen LogP contribution in [0, 0.1) is 5.92 Å². The number of rotatable bonds is 2. The van der Waals surface area contributed by atoms with E-state index in [4.69, 9.17) is 4.74 Å². The van der Waals surface area contributed by atoms with Gasteiger partial charge in [-0.05, 0) is 38.8 Å². The van der Waals surface area contributed by atoms with Crippen LogP contribution in [0.15, 0.2) is 30.3 Å². The molecule has 2 heterocycles. The van der Waals surface area contributed by atoms with Crippen molar-refractivity contribution in [2.24, 2.45) is 5.92 Å². The van der Waals surface area contributed by atoms with Crippen molar-refractivity contribution in [3.8, 4) is 0 Å². The zero-order valence-corrected chi connectivity index (χ0v) is 14.7. The molecule has 4 nitrogen and oxygen atoms in total. The fourth-order valence-corrected chi connectivity index (χ4v) is 3.52. The molecule has 1 aromatic carbocycles. The van der Waals surface area contributed by atoms with Crippen LogP contribution in [0.4, 0.5) is 0 Å². The third-order valence-corrected chi connectivity index (χ3v) is 4.86. The first-order valence-electron chi connectivity index (χ1n) is 8.35. The molecule has 0 radical (unpaired) electrons. The van der Waals surface area contributed by atoms with Gasteiger partial charge in [-0.25, -0.2) is 0 Å². The Labute approximate surface area is 145 Å². The van der Waals surface area contributed by atoms with E-state index in [-0.39, 0.29) is 30.5 Å². The van der Waals surface area contributed by atoms with Gasteiger partial charge in [0, 0.05) is 12.0 Å². The molecule has 0 spiro atoms. The van der Waals surface area contributed by atoms with Crippen LogP contribution in [-0.2, 0) is 9.53 Å². The summed E-state index contributed by atoms with van der Waals surface area (Å²) in [5, 5.41) is 3.42. The van der Waals surface area contributed by atoms with Gasteiger partial charge in [-0.1, -0.05) is 30.3 Å². The van der Waals surface area contributed by atoms with Gasteiger partial charge in [0.2, 0.25) is 5.91 Å². The molecule has 0 aromatic heterocycles. The summed E-state index contributed by atoms with van der Waals surface area (Å²) in [6, 6.07) is 10.8. The highest BCUT2D eigenvalue weighted by Gasteiger charge is 2.35. The smallest absolute Gasteiger partial charge is 0.226 e. The van der Waals surface area contributed by atoms with Gasteiger partial charge < -0.3 is 15.0 Å². The molecular formula is C18H27ClN2O2. The Kier molecular flexibility index (Phi) is 6.45. The van der Waals surface area contributed by atoms with E-state index >= 15 is 0 Å². The van der Waals surface area contributed by atoms with Crippen molar-refractivity contribution in [3.63, 3.8) is 0 Å². The Hall–Kier alpha value is -1.10. The average molecular weight is 339 g/mol.